The lowest BCUT2D eigenvalue weighted by atomic mass is 9.74. The molecule has 2 heterocycles. The van der Waals surface area contributed by atoms with Crippen LogP contribution in [0.25, 0.3) is 6.08 Å². The number of aromatic hydroxyl groups is 1. The van der Waals surface area contributed by atoms with Crippen LogP contribution in [0, 0.1) is 47.3 Å². The molecule has 1 saturated carbocycles. The molecular weight excluding hydrogens is 751 g/mol. The summed E-state index contributed by atoms with van der Waals surface area (Å²) in [6, 6.07) is 14.1. The van der Waals surface area contributed by atoms with Crippen LogP contribution in [0.5, 0.6) is 11.5 Å². The second kappa shape index (κ2) is 21.9. The number of aliphatic hydroxyl groups excluding tert-OH is 2. The van der Waals surface area contributed by atoms with E-state index in [9.17, 15) is 24.9 Å². The first-order chi connectivity index (χ1) is 29.0. The quantitative estimate of drug-likeness (QED) is 0.0655. The molecule has 0 bridgehead atoms. The molecule has 4 aliphatic rings. The Labute approximate surface area is 358 Å². The predicted molar refractivity (Wildman–Crippen MR) is 239 cm³/mol. The van der Waals surface area contributed by atoms with E-state index in [0.29, 0.717) is 86.2 Å². The molecule has 2 aromatic carbocycles. The zero-order valence-corrected chi connectivity index (χ0v) is 36.1. The molecular formula is C51H69N3O6. The number of piperidine rings is 1. The number of Topliss-reactive ketones (excluding diaryl/α,β-unsaturated/α-hetero) is 2. The fraction of sp³-hybridized carbons (Fsp3) is 0.569. The summed E-state index contributed by atoms with van der Waals surface area (Å²) in [4.78, 5) is 25.7. The summed E-state index contributed by atoms with van der Waals surface area (Å²) in [5, 5.41) is 41.6. The van der Waals surface area contributed by atoms with E-state index in [2.05, 4.69) is 66.7 Å². The molecule has 1 saturated heterocycles. The molecule has 0 spiro atoms. The summed E-state index contributed by atoms with van der Waals surface area (Å²) >= 11 is 0. The van der Waals surface area contributed by atoms with E-state index in [1.165, 1.54) is 7.11 Å². The smallest absolute Gasteiger partial charge is 0.160 e. The number of carbonyl (C=O) groups excluding carboxylic acids is 2. The van der Waals surface area contributed by atoms with Gasteiger partial charge in [-0.25, -0.2) is 0 Å². The number of methoxy groups -OCH3 is 1. The van der Waals surface area contributed by atoms with Gasteiger partial charge in [0.15, 0.2) is 17.3 Å². The van der Waals surface area contributed by atoms with Crippen LogP contribution in [0.2, 0.25) is 0 Å². The minimum Gasteiger partial charge on any atom is -0.504 e. The number of nitrogens with two attached hydrogens (primary N) is 1. The number of carbonyl (C=O) groups is 2. The van der Waals surface area contributed by atoms with Crippen molar-refractivity contribution in [1.82, 2.24) is 10.6 Å². The lowest BCUT2D eigenvalue weighted by molar-refractivity contribution is -0.124. The minimum absolute atomic E-state index is 0.00885. The summed E-state index contributed by atoms with van der Waals surface area (Å²) in [6.45, 7) is 5.98. The Morgan fingerprint density at radius 3 is 2.57 bits per heavy atom. The third kappa shape index (κ3) is 12.4. The van der Waals surface area contributed by atoms with Crippen LogP contribution in [0.4, 0.5) is 0 Å². The zero-order chi connectivity index (χ0) is 42.6. The lowest BCUT2D eigenvalue weighted by Crippen LogP contribution is -2.48. The van der Waals surface area contributed by atoms with Crippen molar-refractivity contribution in [2.24, 2.45) is 41.2 Å². The number of aryl methyl sites for hydroxylation is 1. The Morgan fingerprint density at radius 1 is 0.983 bits per heavy atom. The van der Waals surface area contributed by atoms with Gasteiger partial charge in [-0.2, -0.15) is 0 Å². The van der Waals surface area contributed by atoms with Crippen LogP contribution >= 0.6 is 0 Å². The molecule has 9 unspecified atom stereocenters. The Hall–Kier alpha value is -4.36. The monoisotopic (exact) mass is 820 g/mol. The van der Waals surface area contributed by atoms with Gasteiger partial charge in [-0.1, -0.05) is 93.5 Å². The van der Waals surface area contributed by atoms with Gasteiger partial charge in [0.1, 0.15) is 11.7 Å². The third-order valence-electron chi connectivity index (χ3n) is 13.5. The van der Waals surface area contributed by atoms with Gasteiger partial charge in [0.25, 0.3) is 0 Å². The van der Waals surface area contributed by atoms with Crippen LogP contribution in [0.15, 0.2) is 72.1 Å². The van der Waals surface area contributed by atoms with E-state index in [1.54, 1.807) is 6.07 Å². The van der Waals surface area contributed by atoms with Gasteiger partial charge >= 0.3 is 0 Å². The topological polar surface area (TPSA) is 154 Å². The standard InChI is InChI=1S/C51H69N3O6/c1-33(2)13-20-42(41(38-25-26-53-51(52)29-38)21-14-34-9-5-4-6-10-34)47(57)23-17-36-16-22-43(48(58)24-18-37-28-50(60-3)49(59)31-44(36)37)46(56)12-8-7-11-35-27-39-15-19-40(55)30-45(39)54-32-35/h4-6,9-10,14,21,25,28-29,31,33,35-36,39,41-43,45-47,53-54,56-57,59H,7-8,11-13,15,17-20,23-24,26-27,30,32,52H2,1-3H3. The maximum atomic E-state index is 13.8. The summed E-state index contributed by atoms with van der Waals surface area (Å²) in [5.74, 6) is 8.14. The second-order valence-electron chi connectivity index (χ2n) is 18.3. The van der Waals surface area contributed by atoms with E-state index >= 15 is 0 Å². The number of phenolic OH excluding ortho intramolecular Hbond substituents is 1. The van der Waals surface area contributed by atoms with Crippen molar-refractivity contribution >= 4 is 17.6 Å². The van der Waals surface area contributed by atoms with Gasteiger partial charge in [-0.05, 0) is 122 Å². The van der Waals surface area contributed by atoms with E-state index in [1.807, 2.05) is 30.3 Å². The highest BCUT2D eigenvalue weighted by molar-refractivity contribution is 5.85. The lowest BCUT2D eigenvalue weighted by Gasteiger charge is -2.39. The molecule has 2 fully saturated rings. The highest BCUT2D eigenvalue weighted by Crippen LogP contribution is 2.39. The first-order valence-corrected chi connectivity index (χ1v) is 22.7. The van der Waals surface area contributed by atoms with Gasteiger partial charge < -0.3 is 36.4 Å². The average molecular weight is 820 g/mol. The van der Waals surface area contributed by atoms with Gasteiger partial charge in [0.2, 0.25) is 0 Å². The Balaban J connectivity index is 1.19. The molecule has 0 amide bonds. The van der Waals surface area contributed by atoms with Crippen LogP contribution in [-0.2, 0) is 16.0 Å². The number of hydrogen-bond acceptors (Lipinski definition) is 9. The molecule has 0 radical (unpaired) electrons. The van der Waals surface area contributed by atoms with Crippen molar-refractivity contribution < 1.29 is 29.6 Å². The molecule has 2 aliphatic carbocycles. The molecule has 9 heteroatoms. The fourth-order valence-electron chi connectivity index (χ4n) is 9.99. The van der Waals surface area contributed by atoms with Crippen molar-refractivity contribution in [1.29, 1.82) is 0 Å². The van der Waals surface area contributed by atoms with E-state index in [-0.39, 0.29) is 35.7 Å². The number of rotatable bonds is 18. The summed E-state index contributed by atoms with van der Waals surface area (Å²) in [7, 11) is 1.52. The third-order valence-corrected chi connectivity index (χ3v) is 13.5. The molecule has 0 aromatic heterocycles. The first kappa shape index (κ1) is 45.2. The average Bonchev–Trinajstić information content (AvgIpc) is 3.30. The molecule has 2 aliphatic heterocycles. The SMILES string of the molecule is COc1cc2c(cc1O)C(CCC(O)C(CCC(C)C)C(C=Cc1ccccc1)C1=CCNC(N)=C1)C#CC(C(O)CCCCC1CNC3CC(=O)CCC3C1)C(=O)CC2. The van der Waals surface area contributed by atoms with Gasteiger partial charge in [-0.3, -0.25) is 9.59 Å². The number of benzene rings is 2. The number of phenols is 1. The zero-order valence-electron chi connectivity index (χ0n) is 36.1. The Morgan fingerprint density at radius 2 is 1.80 bits per heavy atom. The van der Waals surface area contributed by atoms with Gasteiger partial charge in [0, 0.05) is 43.7 Å². The van der Waals surface area contributed by atoms with Crippen molar-refractivity contribution in [3.05, 3.63) is 88.8 Å². The van der Waals surface area contributed by atoms with Crippen LogP contribution in [-0.4, -0.2) is 65.3 Å². The normalized spacial score (nSPS) is 25.2. The fourth-order valence-corrected chi connectivity index (χ4v) is 9.99. The molecule has 9 atom stereocenters. The van der Waals surface area contributed by atoms with Crippen LogP contribution < -0.4 is 21.1 Å². The summed E-state index contributed by atoms with van der Waals surface area (Å²) in [5.41, 5.74) is 10.2. The number of ether oxygens (including phenoxy) is 1. The van der Waals surface area contributed by atoms with Crippen molar-refractivity contribution in [2.45, 2.75) is 128 Å². The van der Waals surface area contributed by atoms with Crippen molar-refractivity contribution in [3.63, 3.8) is 0 Å². The molecule has 60 heavy (non-hydrogen) atoms. The van der Waals surface area contributed by atoms with E-state index in [4.69, 9.17) is 10.5 Å². The van der Waals surface area contributed by atoms with Gasteiger partial charge in [-0.15, -0.1) is 0 Å². The number of fused-ring (bicyclic) bond motifs is 2. The number of ketones is 2. The van der Waals surface area contributed by atoms with E-state index < -0.39 is 18.1 Å². The summed E-state index contributed by atoms with van der Waals surface area (Å²) in [6.07, 6.45) is 17.1. The number of dihydropyridines is 1. The Bertz CT molecular complexity index is 1910. The summed E-state index contributed by atoms with van der Waals surface area (Å²) < 4.78 is 5.49. The first-order valence-electron chi connectivity index (χ1n) is 22.7. The maximum Gasteiger partial charge on any atom is 0.160 e. The minimum atomic E-state index is -0.880. The van der Waals surface area contributed by atoms with E-state index in [0.717, 1.165) is 73.8 Å². The number of unbranched alkanes of at least 4 members (excludes halogenated alkanes) is 1. The number of aliphatic hydroxyl groups is 2. The van der Waals surface area contributed by atoms with Crippen molar-refractivity contribution in [3.8, 4) is 23.3 Å². The predicted octanol–water partition coefficient (Wildman–Crippen LogP) is 7.74. The van der Waals surface area contributed by atoms with Crippen molar-refractivity contribution in [2.75, 3.05) is 20.2 Å². The second-order valence-corrected chi connectivity index (χ2v) is 18.3. The highest BCUT2D eigenvalue weighted by atomic mass is 16.5. The molecule has 2 aromatic rings. The molecule has 7 N–H and O–H groups in total. The Kier molecular flexibility index (Phi) is 16.5. The number of hydrogen-bond donors (Lipinski definition) is 6. The molecule has 9 nitrogen and oxygen atoms in total. The largest absolute Gasteiger partial charge is 0.504 e. The molecule has 6 rings (SSSR count). The number of allylic oxidation sites excluding steroid dienone is 3. The number of nitrogens with one attached hydrogen (secondary N) is 2. The van der Waals surface area contributed by atoms with Crippen LogP contribution in [0.3, 0.4) is 0 Å². The maximum absolute atomic E-state index is 13.8. The van der Waals surface area contributed by atoms with Crippen LogP contribution in [0.1, 0.15) is 120 Å². The van der Waals surface area contributed by atoms with Gasteiger partial charge in [0.05, 0.1) is 25.1 Å². The highest BCUT2D eigenvalue weighted by Gasteiger charge is 2.35. The molecule has 324 valence electrons.